The van der Waals surface area contributed by atoms with Gasteiger partial charge < -0.3 is 10.2 Å². The molecule has 0 aromatic rings. The molecule has 0 atom stereocenters. The normalized spacial score (nSPS) is 12.5. The van der Waals surface area contributed by atoms with Gasteiger partial charge in [0, 0.05) is 6.61 Å². The van der Waals surface area contributed by atoms with Crippen molar-refractivity contribution in [1.29, 1.82) is 0 Å². The van der Waals surface area contributed by atoms with Crippen LogP contribution in [0.3, 0.4) is 0 Å². The highest BCUT2D eigenvalue weighted by Crippen LogP contribution is 2.32. The van der Waals surface area contributed by atoms with Gasteiger partial charge in [0.1, 0.15) is 0 Å². The van der Waals surface area contributed by atoms with Gasteiger partial charge in [-0.3, -0.25) is 0 Å². The van der Waals surface area contributed by atoms with Crippen molar-refractivity contribution in [1.82, 2.24) is 0 Å². The molecule has 0 unspecified atom stereocenters. The van der Waals surface area contributed by atoms with Gasteiger partial charge in [0.15, 0.2) is 0 Å². The third-order valence-electron chi connectivity index (χ3n) is 0.620. The van der Waals surface area contributed by atoms with Crippen molar-refractivity contribution >= 4 is 0 Å². The Bertz CT molecular complexity index is 114. The summed E-state index contributed by atoms with van der Waals surface area (Å²) in [4.78, 5) is 0. The molecule has 0 aromatic carbocycles. The minimum atomic E-state index is -5.63. The molecule has 0 bridgehead atoms. The summed E-state index contributed by atoms with van der Waals surface area (Å²) in [6, 6.07) is 0. The Hall–Kier alpha value is -0.500. The molecule has 0 amide bonds. The van der Waals surface area contributed by atoms with Crippen LogP contribution in [0.5, 0.6) is 0 Å². The van der Waals surface area contributed by atoms with E-state index in [1.165, 1.54) is 0 Å². The van der Waals surface area contributed by atoms with E-state index in [9.17, 15) is 26.3 Å². The number of aliphatic hydroxyl groups is 2. The molecule has 13 heavy (non-hydrogen) atoms. The lowest BCUT2D eigenvalue weighted by atomic mass is 10.3. The van der Waals surface area contributed by atoms with Gasteiger partial charge in [0.25, 0.3) is 0 Å². The lowest BCUT2D eigenvalue weighted by Gasteiger charge is -2.16. The van der Waals surface area contributed by atoms with E-state index in [-0.39, 0.29) is 6.61 Å². The van der Waals surface area contributed by atoms with Crippen molar-refractivity contribution in [2.75, 3.05) is 6.61 Å². The van der Waals surface area contributed by atoms with E-state index in [2.05, 4.69) is 0 Å². The summed E-state index contributed by atoms with van der Waals surface area (Å²) < 4.78 is 65.9. The molecule has 2 N–H and O–H groups in total. The summed E-state index contributed by atoms with van der Waals surface area (Å²) in [5.41, 5.74) is 0. The van der Waals surface area contributed by atoms with E-state index in [1.54, 1.807) is 6.92 Å². The summed E-state index contributed by atoms with van der Waals surface area (Å²) in [7, 11) is 0. The number of alkyl halides is 6. The van der Waals surface area contributed by atoms with Gasteiger partial charge >= 0.3 is 12.4 Å². The largest absolute Gasteiger partial charge is 0.423 e. The molecule has 8 heteroatoms. The predicted molar refractivity (Wildman–Crippen MR) is 30.9 cm³/mol. The maximum Gasteiger partial charge on any atom is 0.423 e. The molecule has 0 heterocycles. The Labute approximate surface area is 69.8 Å². The molecule has 0 aromatic heterocycles. The highest BCUT2D eigenvalue weighted by Gasteiger charge is 2.55. The summed E-state index contributed by atoms with van der Waals surface area (Å²) in [6.45, 7) is 1.93. The van der Waals surface area contributed by atoms with Gasteiger partial charge in [-0.25, -0.2) is 0 Å². The van der Waals surface area contributed by atoms with E-state index in [4.69, 9.17) is 10.2 Å². The molecule has 0 saturated heterocycles. The smallest absolute Gasteiger partial charge is 0.397 e. The van der Waals surface area contributed by atoms with Crippen molar-refractivity contribution in [3.63, 3.8) is 0 Å². The second-order valence-corrected chi connectivity index (χ2v) is 1.80. The molecule has 2 nitrogen and oxygen atoms in total. The van der Waals surface area contributed by atoms with Crippen LogP contribution in [0.15, 0.2) is 0 Å². The van der Waals surface area contributed by atoms with Crippen molar-refractivity contribution in [3.05, 3.63) is 0 Å². The molecule has 82 valence electrons. The molecule has 0 radical (unpaired) electrons. The molecule has 0 aliphatic heterocycles. The predicted octanol–water partition coefficient (Wildman–Crippen LogP) is 1.47. The van der Waals surface area contributed by atoms with Crippen LogP contribution in [-0.2, 0) is 0 Å². The number of hydrogen-bond donors (Lipinski definition) is 2. The van der Waals surface area contributed by atoms with Crippen LogP contribution in [0.1, 0.15) is 6.92 Å². The average molecular weight is 214 g/mol. The monoisotopic (exact) mass is 214 g/mol. The van der Waals surface area contributed by atoms with Crippen LogP contribution in [0.2, 0.25) is 0 Å². The van der Waals surface area contributed by atoms with Crippen LogP contribution in [0, 0.1) is 0 Å². The number of aliphatic hydroxyl groups excluding tert-OH is 2. The zero-order valence-electron chi connectivity index (χ0n) is 6.45. The number of rotatable bonds is 0. The first-order valence-corrected chi connectivity index (χ1v) is 2.99. The summed E-state index contributed by atoms with van der Waals surface area (Å²) in [5.74, 6) is 0. The first-order chi connectivity index (χ1) is 5.57. The number of halogens is 6. The molecular formula is C5H8F6O2. The van der Waals surface area contributed by atoms with Gasteiger partial charge in [-0.15, -0.1) is 0 Å². The molecule has 0 fully saturated rings. The van der Waals surface area contributed by atoms with Gasteiger partial charge in [-0.1, -0.05) is 0 Å². The third kappa shape index (κ3) is 7.85. The standard InChI is InChI=1S/C3H2F6O.C2H6O/c4-2(5,6)1(10)3(7,8)9;1-2-3/h1,10H;3H,2H2,1H3. The Balaban J connectivity index is 0. The first-order valence-electron chi connectivity index (χ1n) is 2.99. The lowest BCUT2D eigenvalue weighted by molar-refractivity contribution is -0.308. The molecule has 0 spiro atoms. The zero-order valence-corrected chi connectivity index (χ0v) is 6.45. The van der Waals surface area contributed by atoms with Gasteiger partial charge in [-0.2, -0.15) is 26.3 Å². The minimum absolute atomic E-state index is 0.250. The SMILES string of the molecule is CCO.OC(C(F)(F)F)C(F)(F)F. The molecule has 0 aliphatic rings. The van der Waals surface area contributed by atoms with Crippen LogP contribution < -0.4 is 0 Å². The van der Waals surface area contributed by atoms with E-state index >= 15 is 0 Å². The van der Waals surface area contributed by atoms with Crippen molar-refractivity contribution in [2.45, 2.75) is 25.4 Å². The fourth-order valence-corrected chi connectivity index (χ4v) is 0.186. The fraction of sp³-hybridized carbons (Fsp3) is 1.00. The second-order valence-electron chi connectivity index (χ2n) is 1.80. The van der Waals surface area contributed by atoms with Gasteiger partial charge in [0.2, 0.25) is 6.10 Å². The van der Waals surface area contributed by atoms with Crippen LogP contribution >= 0.6 is 0 Å². The zero-order chi connectivity index (χ0) is 11.3. The highest BCUT2D eigenvalue weighted by atomic mass is 19.4. The average Bonchev–Trinajstić information content (AvgIpc) is 1.84. The van der Waals surface area contributed by atoms with Gasteiger partial charge in [-0.05, 0) is 6.92 Å². The Kier molecular flexibility index (Phi) is 6.09. The third-order valence-corrected chi connectivity index (χ3v) is 0.620. The quantitative estimate of drug-likeness (QED) is 0.599. The summed E-state index contributed by atoms with van der Waals surface area (Å²) >= 11 is 0. The van der Waals surface area contributed by atoms with Crippen LogP contribution in [0.4, 0.5) is 26.3 Å². The Morgan fingerprint density at radius 1 is 1.00 bits per heavy atom. The molecule has 0 rings (SSSR count). The van der Waals surface area contributed by atoms with E-state index < -0.39 is 18.5 Å². The van der Waals surface area contributed by atoms with E-state index in [0.29, 0.717) is 0 Å². The molecule has 0 saturated carbocycles. The van der Waals surface area contributed by atoms with Crippen molar-refractivity contribution in [3.8, 4) is 0 Å². The summed E-state index contributed by atoms with van der Waals surface area (Å²) in [6.07, 6.45) is -15.5. The van der Waals surface area contributed by atoms with Crippen LogP contribution in [-0.4, -0.2) is 35.3 Å². The fourth-order valence-electron chi connectivity index (χ4n) is 0.186. The first kappa shape index (κ1) is 15.0. The van der Waals surface area contributed by atoms with Gasteiger partial charge in [0.05, 0.1) is 0 Å². The number of hydrogen-bond acceptors (Lipinski definition) is 2. The molecular weight excluding hydrogens is 206 g/mol. The Morgan fingerprint density at radius 3 is 1.15 bits per heavy atom. The topological polar surface area (TPSA) is 40.5 Å². The Morgan fingerprint density at radius 2 is 1.15 bits per heavy atom. The van der Waals surface area contributed by atoms with Crippen molar-refractivity contribution < 1.29 is 36.6 Å². The lowest BCUT2D eigenvalue weighted by Crippen LogP contribution is -2.41. The van der Waals surface area contributed by atoms with E-state index in [1.807, 2.05) is 0 Å². The maximum absolute atomic E-state index is 11.0. The molecule has 0 aliphatic carbocycles. The van der Waals surface area contributed by atoms with Crippen molar-refractivity contribution in [2.24, 2.45) is 0 Å². The highest BCUT2D eigenvalue weighted by molar-refractivity contribution is 4.72. The summed E-state index contributed by atoms with van der Waals surface area (Å²) in [5, 5.41) is 15.0. The second kappa shape index (κ2) is 5.28. The minimum Gasteiger partial charge on any atom is -0.397 e. The van der Waals surface area contributed by atoms with E-state index in [0.717, 1.165) is 0 Å². The van der Waals surface area contributed by atoms with Crippen LogP contribution in [0.25, 0.3) is 0 Å². The maximum atomic E-state index is 11.0.